The van der Waals surface area contributed by atoms with Gasteiger partial charge in [-0.15, -0.1) is 0 Å². The van der Waals surface area contributed by atoms with E-state index in [1.165, 1.54) is 43.2 Å². The van der Waals surface area contributed by atoms with Gasteiger partial charge < -0.3 is 5.32 Å². The highest BCUT2D eigenvalue weighted by atomic mass is 14.9. The van der Waals surface area contributed by atoms with Gasteiger partial charge in [-0.3, -0.25) is 0 Å². The predicted molar refractivity (Wildman–Crippen MR) is 88.9 cm³/mol. The molecule has 1 aromatic rings. The molecule has 2 rings (SSSR count). The Balaban J connectivity index is 2.13. The van der Waals surface area contributed by atoms with Crippen molar-refractivity contribution in [1.29, 1.82) is 0 Å². The Hall–Kier alpha value is -1.08. The van der Waals surface area contributed by atoms with Gasteiger partial charge in [-0.25, -0.2) is 0 Å². The molecule has 0 aromatic heterocycles. The molecule has 1 aromatic carbocycles. The van der Waals surface area contributed by atoms with Gasteiger partial charge in [0.1, 0.15) is 0 Å². The first-order valence-corrected chi connectivity index (χ1v) is 8.15. The highest BCUT2D eigenvalue weighted by molar-refractivity contribution is 5.54. The minimum Gasteiger partial charge on any atom is -0.311 e. The molecule has 0 amide bonds. The smallest absolute Gasteiger partial charge is 0.0173 e. The largest absolute Gasteiger partial charge is 0.311 e. The predicted octanol–water partition coefficient (Wildman–Crippen LogP) is 4.96. The summed E-state index contributed by atoms with van der Waals surface area (Å²) in [5.74, 6) is 0.788. The number of nitrogens with one attached hydrogen (secondary N) is 1. The van der Waals surface area contributed by atoms with Gasteiger partial charge in [0.15, 0.2) is 0 Å². The Kier molecular flexibility index (Phi) is 5.85. The maximum atomic E-state index is 3.61. The number of aryl methyl sites for hydroxylation is 1. The van der Waals surface area contributed by atoms with E-state index in [-0.39, 0.29) is 0 Å². The molecule has 1 nitrogen and oxygen atoms in total. The highest BCUT2D eigenvalue weighted by Crippen LogP contribution is 2.30. The van der Waals surface area contributed by atoms with Gasteiger partial charge in [-0.2, -0.15) is 0 Å². The molecule has 1 aliphatic carbocycles. The zero-order chi connectivity index (χ0) is 14.4. The lowest BCUT2D eigenvalue weighted by Gasteiger charge is -2.25. The van der Waals surface area contributed by atoms with E-state index in [1.54, 1.807) is 5.57 Å². The van der Waals surface area contributed by atoms with Crippen molar-refractivity contribution in [1.82, 2.24) is 5.32 Å². The fourth-order valence-corrected chi connectivity index (χ4v) is 2.99. The zero-order valence-electron chi connectivity index (χ0n) is 13.3. The fourth-order valence-electron chi connectivity index (χ4n) is 2.99. The van der Waals surface area contributed by atoms with Crippen LogP contribution in [0.15, 0.2) is 29.8 Å². The van der Waals surface area contributed by atoms with Gasteiger partial charge in [0, 0.05) is 12.6 Å². The second-order valence-electron chi connectivity index (χ2n) is 6.50. The maximum absolute atomic E-state index is 3.61. The van der Waals surface area contributed by atoms with Gasteiger partial charge in [-0.05, 0) is 31.2 Å². The number of hydrogen-bond donors (Lipinski definition) is 1. The first-order chi connectivity index (χ1) is 9.65. The van der Waals surface area contributed by atoms with Crippen LogP contribution >= 0.6 is 0 Å². The van der Waals surface area contributed by atoms with Crippen molar-refractivity contribution >= 4 is 6.08 Å². The average Bonchev–Trinajstić information content (AvgIpc) is 2.46. The molecule has 1 saturated carbocycles. The normalized spacial score (nSPS) is 17.7. The number of rotatable bonds is 5. The first kappa shape index (κ1) is 15.3. The summed E-state index contributed by atoms with van der Waals surface area (Å²) in [4.78, 5) is 0. The SMILES string of the molecule is Cc1ccc(/C=C(/CNC(C)C)C2CCCCC2)cc1. The fraction of sp³-hybridized carbons (Fsp3) is 0.579. The molecule has 0 saturated heterocycles. The van der Waals surface area contributed by atoms with Gasteiger partial charge in [0.2, 0.25) is 0 Å². The second-order valence-corrected chi connectivity index (χ2v) is 6.50. The van der Waals surface area contributed by atoms with Crippen LogP contribution in [0.25, 0.3) is 6.08 Å². The zero-order valence-corrected chi connectivity index (χ0v) is 13.3. The number of benzene rings is 1. The van der Waals surface area contributed by atoms with E-state index < -0.39 is 0 Å². The minimum absolute atomic E-state index is 0.556. The van der Waals surface area contributed by atoms with Crippen molar-refractivity contribution in [3.63, 3.8) is 0 Å². The van der Waals surface area contributed by atoms with E-state index in [0.29, 0.717) is 6.04 Å². The van der Waals surface area contributed by atoms with Crippen LogP contribution < -0.4 is 5.32 Å². The van der Waals surface area contributed by atoms with Crippen molar-refractivity contribution < 1.29 is 0 Å². The third-order valence-electron chi connectivity index (χ3n) is 4.27. The monoisotopic (exact) mass is 271 g/mol. The van der Waals surface area contributed by atoms with E-state index in [4.69, 9.17) is 0 Å². The molecule has 1 N–H and O–H groups in total. The van der Waals surface area contributed by atoms with Crippen molar-refractivity contribution in [2.45, 2.75) is 58.9 Å². The van der Waals surface area contributed by atoms with Gasteiger partial charge in [0.25, 0.3) is 0 Å². The van der Waals surface area contributed by atoms with E-state index in [1.807, 2.05) is 0 Å². The minimum atomic E-state index is 0.556. The topological polar surface area (TPSA) is 12.0 Å². The summed E-state index contributed by atoms with van der Waals surface area (Å²) >= 11 is 0. The summed E-state index contributed by atoms with van der Waals surface area (Å²) in [5.41, 5.74) is 4.28. The van der Waals surface area contributed by atoms with Gasteiger partial charge >= 0.3 is 0 Å². The van der Waals surface area contributed by atoms with Crippen LogP contribution in [0.1, 0.15) is 57.1 Å². The van der Waals surface area contributed by atoms with Crippen LogP contribution in [0.3, 0.4) is 0 Å². The molecule has 0 bridgehead atoms. The summed E-state index contributed by atoms with van der Waals surface area (Å²) in [5, 5.41) is 3.61. The van der Waals surface area contributed by atoms with Crippen molar-refractivity contribution in [3.05, 3.63) is 41.0 Å². The summed E-state index contributed by atoms with van der Waals surface area (Å²) in [6.07, 6.45) is 9.39. The Morgan fingerprint density at radius 1 is 1.15 bits per heavy atom. The highest BCUT2D eigenvalue weighted by Gasteiger charge is 2.17. The lowest BCUT2D eigenvalue weighted by molar-refractivity contribution is 0.394. The summed E-state index contributed by atoms with van der Waals surface area (Å²) in [6.45, 7) is 7.64. The van der Waals surface area contributed by atoms with Gasteiger partial charge in [-0.1, -0.05) is 74.6 Å². The molecule has 20 heavy (non-hydrogen) atoms. The van der Waals surface area contributed by atoms with Crippen molar-refractivity contribution in [2.24, 2.45) is 5.92 Å². The molecule has 1 aliphatic rings. The third-order valence-corrected chi connectivity index (χ3v) is 4.27. The Bertz CT molecular complexity index is 422. The van der Waals surface area contributed by atoms with Crippen LogP contribution in [-0.4, -0.2) is 12.6 Å². The van der Waals surface area contributed by atoms with Crippen LogP contribution in [0.4, 0.5) is 0 Å². The Morgan fingerprint density at radius 3 is 2.40 bits per heavy atom. The lowest BCUT2D eigenvalue weighted by Crippen LogP contribution is -2.27. The van der Waals surface area contributed by atoms with Crippen LogP contribution in [0.5, 0.6) is 0 Å². The van der Waals surface area contributed by atoms with E-state index in [9.17, 15) is 0 Å². The van der Waals surface area contributed by atoms with Crippen LogP contribution in [0, 0.1) is 12.8 Å². The molecular weight excluding hydrogens is 242 g/mol. The average molecular weight is 271 g/mol. The standard InChI is InChI=1S/C19H29N/c1-15(2)20-14-19(18-7-5-4-6-8-18)13-17-11-9-16(3)10-12-17/h9-13,15,18,20H,4-8,14H2,1-3H3/b19-13-. The number of hydrogen-bond acceptors (Lipinski definition) is 1. The molecule has 0 spiro atoms. The summed E-state index contributed by atoms with van der Waals surface area (Å²) in [7, 11) is 0. The van der Waals surface area contributed by atoms with E-state index in [2.05, 4.69) is 56.4 Å². The third kappa shape index (κ3) is 4.79. The molecule has 0 radical (unpaired) electrons. The van der Waals surface area contributed by atoms with Crippen LogP contribution in [-0.2, 0) is 0 Å². The molecule has 0 aliphatic heterocycles. The van der Waals surface area contributed by atoms with Gasteiger partial charge in [0.05, 0.1) is 0 Å². The quantitative estimate of drug-likeness (QED) is 0.798. The molecule has 110 valence electrons. The molecule has 0 heterocycles. The molecule has 0 unspecified atom stereocenters. The maximum Gasteiger partial charge on any atom is 0.0173 e. The van der Waals surface area contributed by atoms with Crippen molar-refractivity contribution in [3.8, 4) is 0 Å². The Labute approximate surface area is 124 Å². The molecular formula is C19H29N. The molecule has 0 atom stereocenters. The van der Waals surface area contributed by atoms with E-state index in [0.717, 1.165) is 12.5 Å². The summed E-state index contributed by atoms with van der Waals surface area (Å²) < 4.78 is 0. The molecule has 1 fully saturated rings. The molecule has 1 heteroatoms. The van der Waals surface area contributed by atoms with E-state index >= 15 is 0 Å². The Morgan fingerprint density at radius 2 is 1.80 bits per heavy atom. The first-order valence-electron chi connectivity index (χ1n) is 8.15. The second kappa shape index (κ2) is 7.64. The van der Waals surface area contributed by atoms with Crippen LogP contribution in [0.2, 0.25) is 0 Å². The van der Waals surface area contributed by atoms with Crippen molar-refractivity contribution in [2.75, 3.05) is 6.54 Å². The summed E-state index contributed by atoms with van der Waals surface area (Å²) in [6, 6.07) is 9.46. The lowest BCUT2D eigenvalue weighted by atomic mass is 9.83.